The zero-order valence-electron chi connectivity index (χ0n) is 14.1. The van der Waals surface area contributed by atoms with Crippen molar-refractivity contribution in [2.75, 3.05) is 0 Å². The molecular formula is C20H26AcO2. The second-order valence-electron chi connectivity index (χ2n) is 8.30. The summed E-state index contributed by atoms with van der Waals surface area (Å²) in [7, 11) is 0. The summed E-state index contributed by atoms with van der Waals surface area (Å²) >= 11 is 0. The molecule has 0 aromatic rings. The molecule has 23 heavy (non-hydrogen) atoms. The topological polar surface area (TPSA) is 37.3 Å². The molecule has 0 heterocycles. The fourth-order valence-corrected chi connectivity index (χ4v) is 6.43. The Morgan fingerprint density at radius 2 is 1.96 bits per heavy atom. The van der Waals surface area contributed by atoms with Gasteiger partial charge < -0.3 is 5.11 Å². The molecule has 3 fully saturated rings. The zero-order chi connectivity index (χ0) is 15.5. The first-order chi connectivity index (χ1) is 10.5. The molecule has 4 rings (SSSR count). The van der Waals surface area contributed by atoms with Crippen LogP contribution in [-0.4, -0.2) is 16.5 Å². The Hall–Kier alpha value is 0.372. The van der Waals surface area contributed by atoms with Crippen molar-refractivity contribution in [2.45, 2.75) is 63.9 Å². The number of fused-ring (bicyclic) bond motifs is 5. The molecule has 1 N–H and O–H groups in total. The number of aliphatic hydroxyl groups is 1. The van der Waals surface area contributed by atoms with Gasteiger partial charge in [-0.05, 0) is 74.7 Å². The Morgan fingerprint density at radius 3 is 2.70 bits per heavy atom. The van der Waals surface area contributed by atoms with E-state index in [-0.39, 0.29) is 49.5 Å². The average Bonchev–Trinajstić information content (AvgIpc) is 2.79. The summed E-state index contributed by atoms with van der Waals surface area (Å²) in [5.41, 5.74) is 0.418. The first-order valence-corrected chi connectivity index (χ1v) is 8.92. The molecule has 2 nitrogen and oxygen atoms in total. The maximum atomic E-state index is 11.7. The van der Waals surface area contributed by atoms with Crippen LogP contribution in [0.15, 0.2) is 11.6 Å². The van der Waals surface area contributed by atoms with E-state index in [0.29, 0.717) is 29.5 Å². The number of carbonyl (C=O) groups is 1. The van der Waals surface area contributed by atoms with Crippen molar-refractivity contribution in [1.29, 1.82) is 0 Å². The van der Waals surface area contributed by atoms with Gasteiger partial charge in [0, 0.05) is 55.9 Å². The zero-order valence-corrected chi connectivity index (χ0v) is 18.8. The number of rotatable bonds is 0. The van der Waals surface area contributed by atoms with Crippen LogP contribution in [0.3, 0.4) is 0 Å². The molecule has 3 heteroatoms. The first-order valence-electron chi connectivity index (χ1n) is 8.92. The van der Waals surface area contributed by atoms with Crippen LogP contribution in [0.1, 0.15) is 58.3 Å². The molecule has 0 aliphatic heterocycles. The summed E-state index contributed by atoms with van der Waals surface area (Å²) in [6.45, 7) is 2.23. The normalized spacial score (nSPS) is 48.2. The minimum Gasteiger partial charge on any atom is -0.377 e. The Bertz CT molecular complexity index is 589. The predicted molar refractivity (Wildman–Crippen MR) is 85.9 cm³/mol. The number of allylic oxidation sites excluding steroid dienone is 1. The maximum absolute atomic E-state index is 11.7. The average molecular weight is 525 g/mol. The van der Waals surface area contributed by atoms with Gasteiger partial charge in [0.25, 0.3) is 0 Å². The number of terminal acetylenes is 1. The largest absolute Gasteiger partial charge is 0.377 e. The van der Waals surface area contributed by atoms with Gasteiger partial charge in [0.15, 0.2) is 5.78 Å². The fraction of sp³-hybridized carbons (Fsp3) is 0.750. The van der Waals surface area contributed by atoms with E-state index in [2.05, 4.69) is 12.8 Å². The van der Waals surface area contributed by atoms with Crippen molar-refractivity contribution in [1.82, 2.24) is 0 Å². The molecule has 0 bridgehead atoms. The van der Waals surface area contributed by atoms with E-state index in [9.17, 15) is 9.90 Å². The smallest absolute Gasteiger partial charge is 0.155 e. The van der Waals surface area contributed by atoms with Gasteiger partial charge in [-0.15, -0.1) is 6.42 Å². The second-order valence-corrected chi connectivity index (χ2v) is 8.30. The molecule has 0 saturated heterocycles. The van der Waals surface area contributed by atoms with Crippen LogP contribution >= 0.6 is 0 Å². The quantitative estimate of drug-likeness (QED) is 0.492. The van der Waals surface area contributed by atoms with Crippen molar-refractivity contribution >= 4 is 5.78 Å². The molecule has 0 aromatic heterocycles. The van der Waals surface area contributed by atoms with Crippen LogP contribution in [0.2, 0.25) is 0 Å². The van der Waals surface area contributed by atoms with Crippen LogP contribution in [0.5, 0.6) is 0 Å². The third-order valence-corrected chi connectivity index (χ3v) is 7.69. The molecule has 0 amide bonds. The van der Waals surface area contributed by atoms with Crippen LogP contribution in [0, 0.1) is 85.5 Å². The van der Waals surface area contributed by atoms with Gasteiger partial charge in [-0.2, -0.15) is 0 Å². The van der Waals surface area contributed by atoms with E-state index in [0.717, 1.165) is 44.9 Å². The number of hydrogen-bond donors (Lipinski definition) is 1. The van der Waals surface area contributed by atoms with Crippen LogP contribution < -0.4 is 0 Å². The summed E-state index contributed by atoms with van der Waals surface area (Å²) in [5.74, 6) is 5.66. The van der Waals surface area contributed by atoms with Gasteiger partial charge in [-0.1, -0.05) is 18.4 Å². The van der Waals surface area contributed by atoms with Gasteiger partial charge in [0.2, 0.25) is 0 Å². The Balaban J connectivity index is 0.00000156. The molecule has 1 radical (unpaired) electrons. The second kappa shape index (κ2) is 6.27. The molecule has 4 aliphatic carbocycles. The van der Waals surface area contributed by atoms with Gasteiger partial charge >= 0.3 is 0 Å². The van der Waals surface area contributed by atoms with Gasteiger partial charge in [0.05, 0.1) is 0 Å². The molecule has 6 unspecified atom stereocenters. The van der Waals surface area contributed by atoms with E-state index in [1.165, 1.54) is 12.0 Å². The van der Waals surface area contributed by atoms with Gasteiger partial charge in [-0.25, -0.2) is 0 Å². The van der Waals surface area contributed by atoms with Gasteiger partial charge in [0.1, 0.15) is 5.60 Å². The Morgan fingerprint density at radius 1 is 1.17 bits per heavy atom. The van der Waals surface area contributed by atoms with E-state index < -0.39 is 5.60 Å². The third kappa shape index (κ3) is 2.55. The van der Waals surface area contributed by atoms with Crippen LogP contribution in [0.25, 0.3) is 0 Å². The number of carbonyl (C=O) groups excluding carboxylic acids is 1. The molecule has 6 atom stereocenters. The first kappa shape index (κ1) is 18.2. The summed E-state index contributed by atoms with van der Waals surface area (Å²) in [6.07, 6.45) is 15.7. The monoisotopic (exact) mass is 525 g/mol. The molecular weight excluding hydrogens is 499 g/mol. The Kier molecular flexibility index (Phi) is 4.95. The summed E-state index contributed by atoms with van der Waals surface area (Å²) in [4.78, 5) is 11.7. The van der Waals surface area contributed by atoms with E-state index in [1.807, 2.05) is 6.08 Å². The van der Waals surface area contributed by atoms with Crippen molar-refractivity contribution < 1.29 is 54.0 Å². The molecule has 3 saturated carbocycles. The molecule has 0 aromatic carbocycles. The van der Waals surface area contributed by atoms with Crippen molar-refractivity contribution in [2.24, 2.45) is 29.1 Å². The van der Waals surface area contributed by atoms with Crippen molar-refractivity contribution in [3.8, 4) is 12.3 Å². The predicted octanol–water partition coefficient (Wildman–Crippen LogP) is 3.49. The van der Waals surface area contributed by atoms with Gasteiger partial charge in [-0.3, -0.25) is 4.79 Å². The minimum atomic E-state index is -0.902. The number of hydrogen-bond acceptors (Lipinski definition) is 2. The van der Waals surface area contributed by atoms with Crippen molar-refractivity contribution in [3.05, 3.63) is 11.6 Å². The van der Waals surface area contributed by atoms with Crippen LogP contribution in [0.4, 0.5) is 0 Å². The Labute approximate surface area is 175 Å². The summed E-state index contributed by atoms with van der Waals surface area (Å²) < 4.78 is 0. The van der Waals surface area contributed by atoms with E-state index >= 15 is 0 Å². The minimum absolute atomic E-state index is 0. The summed E-state index contributed by atoms with van der Waals surface area (Å²) in [5, 5.41) is 10.9. The van der Waals surface area contributed by atoms with E-state index in [4.69, 9.17) is 6.42 Å². The van der Waals surface area contributed by atoms with Crippen molar-refractivity contribution in [3.63, 3.8) is 0 Å². The summed E-state index contributed by atoms with van der Waals surface area (Å²) in [6, 6.07) is 0. The molecule has 4 aliphatic rings. The van der Waals surface area contributed by atoms with E-state index in [1.54, 1.807) is 0 Å². The number of ketones is 1. The fourth-order valence-electron chi connectivity index (χ4n) is 6.43. The van der Waals surface area contributed by atoms with Crippen LogP contribution in [-0.2, 0) is 4.79 Å². The molecule has 0 spiro atoms. The molecule has 121 valence electrons. The standard InChI is InChI=1S/C20H26O2.Ac/c1-3-20(22)11-9-18-17-6-4-13-12-14(21)5-7-15(13)16(17)8-10-19(18,20)2;/h1,12,15-18,22H,4-11H2,2H3;. The SMILES string of the molecule is C#CC1(O)CCC2C3CCC4=CC(=O)CCC4C3CCC21C.[Ac]. The third-order valence-electron chi connectivity index (χ3n) is 7.69. The maximum Gasteiger partial charge on any atom is 0.155 e.